The van der Waals surface area contributed by atoms with E-state index in [-0.39, 0.29) is 0 Å². The Kier molecular flexibility index (Phi) is 2.15. The summed E-state index contributed by atoms with van der Waals surface area (Å²) in [5, 5.41) is -1.50. The Labute approximate surface area is 68.0 Å². The molecule has 0 bridgehead atoms. The molecular weight excluding hydrogens is 184 g/mol. The zero-order valence-electron chi connectivity index (χ0n) is 5.71. The number of rotatable bonds is 1. The van der Waals surface area contributed by atoms with E-state index in [1.807, 2.05) is 0 Å². The molecule has 0 saturated heterocycles. The highest BCUT2D eigenvalue weighted by molar-refractivity contribution is 8.01. The Hall–Kier alpha value is -1.34. The van der Waals surface area contributed by atoms with E-state index in [9.17, 15) is 13.2 Å². The van der Waals surface area contributed by atoms with Gasteiger partial charge in [-0.15, -0.1) is 0 Å². The molecule has 0 aromatic carbocycles. The van der Waals surface area contributed by atoms with Crippen molar-refractivity contribution < 1.29 is 17.8 Å². The lowest BCUT2D eigenvalue weighted by Crippen LogP contribution is -2.16. The summed E-state index contributed by atoms with van der Waals surface area (Å²) in [7, 11) is -4.72. The topological polar surface area (TPSA) is 97.2 Å². The Morgan fingerprint density at radius 3 is 2.25 bits per heavy atom. The van der Waals surface area contributed by atoms with Crippen LogP contribution in [-0.4, -0.2) is 28.1 Å². The molecule has 6 nitrogen and oxygen atoms in total. The number of carbonyl (C=O) groups excluding carboxylic acids is 1. The van der Waals surface area contributed by atoms with Crippen LogP contribution in [0.2, 0.25) is 0 Å². The summed E-state index contributed by atoms with van der Waals surface area (Å²) in [4.78, 5) is 17.4. The van der Waals surface area contributed by atoms with Crippen LogP contribution in [-0.2, 0) is 10.1 Å². The molecule has 1 aromatic rings. The third-order valence-corrected chi connectivity index (χ3v) is 1.63. The first-order chi connectivity index (χ1) is 5.52. The second-order valence-corrected chi connectivity index (χ2v) is 3.16. The Bertz CT molecular complexity index is 385. The van der Waals surface area contributed by atoms with Gasteiger partial charge in [-0.1, -0.05) is 0 Å². The summed E-state index contributed by atoms with van der Waals surface area (Å²) < 4.78 is 28.8. The zero-order chi connectivity index (χ0) is 9.19. The predicted octanol–water partition coefficient (Wildman–Crippen LogP) is -0.495. The average molecular weight is 188 g/mol. The smallest absolute Gasteiger partial charge is 0.279 e. The first-order valence-electron chi connectivity index (χ1n) is 2.80. The normalized spacial score (nSPS) is 11.1. The van der Waals surface area contributed by atoms with E-state index >= 15 is 0 Å². The molecule has 1 aromatic heterocycles. The molecule has 12 heavy (non-hydrogen) atoms. The van der Waals surface area contributed by atoms with Crippen molar-refractivity contribution in [3.8, 4) is 0 Å². The van der Waals surface area contributed by atoms with Crippen molar-refractivity contribution in [2.24, 2.45) is 0 Å². The second kappa shape index (κ2) is 2.95. The van der Waals surface area contributed by atoms with Crippen LogP contribution >= 0.6 is 0 Å². The molecular formula is C5H4N2O4S. The van der Waals surface area contributed by atoms with E-state index in [4.69, 9.17) is 4.55 Å². The van der Waals surface area contributed by atoms with Crippen molar-refractivity contribution in [1.29, 1.82) is 0 Å². The second-order valence-electron chi connectivity index (χ2n) is 1.83. The van der Waals surface area contributed by atoms with Crippen LogP contribution in [0.15, 0.2) is 18.5 Å². The van der Waals surface area contributed by atoms with Gasteiger partial charge in [0.25, 0.3) is 0 Å². The zero-order valence-corrected chi connectivity index (χ0v) is 6.52. The molecule has 0 unspecified atom stereocenters. The van der Waals surface area contributed by atoms with E-state index in [0.29, 0.717) is 0 Å². The molecule has 0 saturated carbocycles. The van der Waals surface area contributed by atoms with Crippen LogP contribution in [0.4, 0.5) is 0 Å². The quantitative estimate of drug-likeness (QED) is 0.597. The van der Waals surface area contributed by atoms with Gasteiger partial charge in [-0.2, -0.15) is 8.42 Å². The van der Waals surface area contributed by atoms with Gasteiger partial charge in [0, 0.05) is 12.4 Å². The fourth-order valence-electron chi connectivity index (χ4n) is 0.520. The first kappa shape index (κ1) is 8.75. The van der Waals surface area contributed by atoms with Gasteiger partial charge in [-0.05, 0) is 6.07 Å². The minimum atomic E-state index is -4.72. The summed E-state index contributed by atoms with van der Waals surface area (Å²) in [6.45, 7) is 0. The van der Waals surface area contributed by atoms with Crippen LogP contribution in [0.3, 0.4) is 0 Å². The van der Waals surface area contributed by atoms with Gasteiger partial charge >= 0.3 is 15.2 Å². The molecule has 1 rings (SSSR count). The lowest BCUT2D eigenvalue weighted by molar-refractivity contribution is 0.105. The first-order valence-corrected chi connectivity index (χ1v) is 4.24. The molecule has 0 fully saturated rings. The van der Waals surface area contributed by atoms with Crippen molar-refractivity contribution in [3.63, 3.8) is 0 Å². The van der Waals surface area contributed by atoms with Crippen LogP contribution in [0.25, 0.3) is 0 Å². The van der Waals surface area contributed by atoms with E-state index in [0.717, 1.165) is 0 Å². The maximum Gasteiger partial charge on any atom is 0.340 e. The number of aromatic nitrogens is 2. The number of carbonyl (C=O) groups is 1. The summed E-state index contributed by atoms with van der Waals surface area (Å²) in [6.07, 6.45) is 2.40. The van der Waals surface area contributed by atoms with Gasteiger partial charge < -0.3 is 0 Å². The minimum absolute atomic E-state index is 0.542. The summed E-state index contributed by atoms with van der Waals surface area (Å²) in [6, 6.07) is 1.42. The van der Waals surface area contributed by atoms with Gasteiger partial charge in [-0.25, -0.2) is 9.97 Å². The summed E-state index contributed by atoms with van der Waals surface area (Å²) in [5.41, 5.74) is 0. The molecule has 0 spiro atoms. The van der Waals surface area contributed by atoms with E-state index in [1.54, 1.807) is 0 Å². The van der Waals surface area contributed by atoms with Crippen molar-refractivity contribution in [1.82, 2.24) is 9.97 Å². The molecule has 0 atom stereocenters. The monoisotopic (exact) mass is 188 g/mol. The summed E-state index contributed by atoms with van der Waals surface area (Å²) in [5.74, 6) is -0.542. The Balaban J connectivity index is 3.11. The predicted molar refractivity (Wildman–Crippen MR) is 37.9 cm³/mol. The Morgan fingerprint density at radius 2 is 1.83 bits per heavy atom. The van der Waals surface area contributed by atoms with E-state index < -0.39 is 21.1 Å². The van der Waals surface area contributed by atoms with Gasteiger partial charge in [0.15, 0.2) is 0 Å². The van der Waals surface area contributed by atoms with E-state index in [1.165, 1.54) is 18.5 Å². The molecule has 0 aliphatic heterocycles. The van der Waals surface area contributed by atoms with Crippen LogP contribution in [0.1, 0.15) is 10.6 Å². The molecule has 0 radical (unpaired) electrons. The van der Waals surface area contributed by atoms with Crippen LogP contribution in [0, 0.1) is 0 Å². The van der Waals surface area contributed by atoms with Crippen molar-refractivity contribution >= 4 is 15.2 Å². The molecule has 0 amide bonds. The molecule has 0 aliphatic carbocycles. The maximum atomic E-state index is 10.7. The van der Waals surface area contributed by atoms with Crippen molar-refractivity contribution in [3.05, 3.63) is 24.3 Å². The van der Waals surface area contributed by atoms with Crippen LogP contribution in [0.5, 0.6) is 0 Å². The lowest BCUT2D eigenvalue weighted by atomic mass is 10.6. The summed E-state index contributed by atoms with van der Waals surface area (Å²) >= 11 is 0. The maximum absolute atomic E-state index is 10.7. The number of hydrogen-bond donors (Lipinski definition) is 1. The van der Waals surface area contributed by atoms with Crippen LogP contribution < -0.4 is 0 Å². The Morgan fingerprint density at radius 1 is 1.33 bits per heavy atom. The highest BCUT2D eigenvalue weighted by Crippen LogP contribution is 1.95. The SMILES string of the molecule is O=C(c1ncccn1)S(=O)(=O)O. The molecule has 64 valence electrons. The highest BCUT2D eigenvalue weighted by atomic mass is 32.2. The highest BCUT2D eigenvalue weighted by Gasteiger charge is 2.22. The average Bonchev–Trinajstić information content (AvgIpc) is 2.03. The van der Waals surface area contributed by atoms with Gasteiger partial charge in [0.05, 0.1) is 0 Å². The van der Waals surface area contributed by atoms with Crippen molar-refractivity contribution in [2.45, 2.75) is 0 Å². The third kappa shape index (κ3) is 1.83. The van der Waals surface area contributed by atoms with Crippen molar-refractivity contribution in [2.75, 3.05) is 0 Å². The fourth-order valence-corrected chi connectivity index (χ4v) is 0.856. The van der Waals surface area contributed by atoms with E-state index in [2.05, 4.69) is 9.97 Å². The largest absolute Gasteiger partial charge is 0.340 e. The molecule has 0 aliphatic rings. The minimum Gasteiger partial charge on any atom is -0.279 e. The fraction of sp³-hybridized carbons (Fsp3) is 0. The molecule has 7 heteroatoms. The molecule has 1 N–H and O–H groups in total. The van der Waals surface area contributed by atoms with Gasteiger partial charge in [0.1, 0.15) is 0 Å². The third-order valence-electron chi connectivity index (χ3n) is 0.983. The lowest BCUT2D eigenvalue weighted by Gasteiger charge is -1.92. The van der Waals surface area contributed by atoms with Gasteiger partial charge in [0.2, 0.25) is 5.82 Å². The number of nitrogens with zero attached hydrogens (tertiary/aromatic N) is 2. The number of hydrogen-bond acceptors (Lipinski definition) is 5. The van der Waals surface area contributed by atoms with Gasteiger partial charge in [-0.3, -0.25) is 9.35 Å². The molecule has 1 heterocycles. The standard InChI is InChI=1S/C5H4N2O4S/c8-5(12(9,10)11)4-6-2-1-3-7-4/h1-3H,(H,9,10,11).